The van der Waals surface area contributed by atoms with Crippen molar-refractivity contribution in [2.75, 3.05) is 12.4 Å². The van der Waals surface area contributed by atoms with Gasteiger partial charge in [0, 0.05) is 22.9 Å². The van der Waals surface area contributed by atoms with Crippen LogP contribution in [-0.2, 0) is 16.1 Å². The van der Waals surface area contributed by atoms with E-state index in [1.807, 2.05) is 13.0 Å². The predicted molar refractivity (Wildman–Crippen MR) is 131 cm³/mol. The Morgan fingerprint density at radius 3 is 2.97 bits per heavy atom. The molecule has 0 radical (unpaired) electrons. The lowest BCUT2D eigenvalue weighted by Crippen LogP contribution is -2.44. The van der Waals surface area contributed by atoms with E-state index >= 15 is 0 Å². The molecule has 1 aromatic carbocycles. The number of carbonyl (C=O) groups is 1. The Bertz CT molecular complexity index is 1130. The van der Waals surface area contributed by atoms with Crippen molar-refractivity contribution in [2.45, 2.75) is 64.7 Å². The number of fused-ring (bicyclic) bond motifs is 5. The Morgan fingerprint density at radius 1 is 1.41 bits per heavy atom. The van der Waals surface area contributed by atoms with Crippen LogP contribution in [0.5, 0.6) is 5.75 Å². The van der Waals surface area contributed by atoms with Gasteiger partial charge in [0.15, 0.2) is 16.7 Å². The molecule has 1 heterocycles. The quantitative estimate of drug-likeness (QED) is 0.524. The number of aromatic nitrogens is 1. The molecule has 2 fully saturated rings. The van der Waals surface area contributed by atoms with Crippen molar-refractivity contribution < 1.29 is 19.1 Å². The second kappa shape index (κ2) is 8.95. The van der Waals surface area contributed by atoms with Crippen molar-refractivity contribution in [3.63, 3.8) is 0 Å². The number of amides is 1. The molecule has 0 spiro atoms. The molecule has 5 unspecified atom stereocenters. The van der Waals surface area contributed by atoms with Crippen LogP contribution < -0.4 is 5.32 Å². The molecular formula is C26H32FN3O3S. The number of aromatic hydroxyl groups is 1. The summed E-state index contributed by atoms with van der Waals surface area (Å²) in [7, 11) is 1.60. The first-order chi connectivity index (χ1) is 16.3. The number of phenols is 1. The highest BCUT2D eigenvalue weighted by Crippen LogP contribution is 2.62. The van der Waals surface area contributed by atoms with Gasteiger partial charge in [-0.2, -0.15) is 0 Å². The number of nitrogens with one attached hydrogen (secondary N) is 1. The topological polar surface area (TPSA) is 83.8 Å². The molecule has 2 saturated carbocycles. The first-order valence-electron chi connectivity index (χ1n) is 12.1. The fraction of sp³-hybridized carbons (Fsp3) is 0.577. The monoisotopic (exact) mass is 485 g/mol. The molecule has 34 heavy (non-hydrogen) atoms. The number of halogens is 1. The molecular weight excluding hydrogens is 453 g/mol. The van der Waals surface area contributed by atoms with Crippen LogP contribution in [-0.4, -0.2) is 28.8 Å². The summed E-state index contributed by atoms with van der Waals surface area (Å²) in [6.45, 7) is 4.27. The molecule has 0 aliphatic heterocycles. The number of benzene rings is 1. The van der Waals surface area contributed by atoms with E-state index in [2.05, 4.69) is 22.4 Å². The lowest BCUT2D eigenvalue weighted by molar-refractivity contribution is -0.116. The van der Waals surface area contributed by atoms with Gasteiger partial charge in [-0.25, -0.2) is 9.37 Å². The molecule has 8 heteroatoms. The van der Waals surface area contributed by atoms with Gasteiger partial charge in [0.1, 0.15) is 7.11 Å². The summed E-state index contributed by atoms with van der Waals surface area (Å²) in [4.78, 5) is 23.2. The van der Waals surface area contributed by atoms with Crippen molar-refractivity contribution in [1.82, 2.24) is 4.98 Å². The smallest absolute Gasteiger partial charge is 0.226 e. The number of phenolic OH excluding ortho intramolecular Hbond substituents is 1. The Hall–Kier alpha value is -2.48. The molecule has 5 rings (SSSR count). The van der Waals surface area contributed by atoms with E-state index < -0.39 is 5.82 Å². The molecule has 3 aliphatic rings. The predicted octanol–water partition coefficient (Wildman–Crippen LogP) is 5.80. The number of hydrogen-bond donors (Lipinski definition) is 2. The Labute approximate surface area is 203 Å². The first-order valence-corrected chi connectivity index (χ1v) is 13.0. The number of anilines is 1. The summed E-state index contributed by atoms with van der Waals surface area (Å²) in [5.74, 6) is 0.629. The van der Waals surface area contributed by atoms with E-state index in [9.17, 15) is 14.3 Å². The molecule has 3 aliphatic carbocycles. The van der Waals surface area contributed by atoms with Gasteiger partial charge in [-0.3, -0.25) is 4.79 Å². The second-order valence-corrected chi connectivity index (χ2v) is 11.5. The Balaban J connectivity index is 1.39. The van der Waals surface area contributed by atoms with Gasteiger partial charge in [0.2, 0.25) is 5.91 Å². The van der Waals surface area contributed by atoms with Crippen LogP contribution >= 0.6 is 11.3 Å². The van der Waals surface area contributed by atoms with Gasteiger partial charge < -0.3 is 15.3 Å². The van der Waals surface area contributed by atoms with E-state index in [1.54, 1.807) is 13.3 Å². The Morgan fingerprint density at radius 2 is 2.24 bits per heavy atom. The summed E-state index contributed by atoms with van der Waals surface area (Å²) < 4.78 is 14.7. The van der Waals surface area contributed by atoms with Gasteiger partial charge in [0.05, 0.1) is 5.71 Å². The number of carbonyl (C=O) groups excluding carboxylic acids is 1. The number of hydrogen-bond acceptors (Lipinski definition) is 6. The molecule has 0 bridgehead atoms. The third-order valence-electron chi connectivity index (χ3n) is 8.51. The van der Waals surface area contributed by atoms with Crippen LogP contribution in [0.4, 0.5) is 9.52 Å². The molecule has 5 atom stereocenters. The molecule has 0 saturated heterocycles. The highest BCUT2D eigenvalue weighted by molar-refractivity contribution is 7.15. The minimum absolute atomic E-state index is 0.00733. The summed E-state index contributed by atoms with van der Waals surface area (Å²) in [5, 5.41) is 17.9. The van der Waals surface area contributed by atoms with Crippen LogP contribution in [0, 0.1) is 35.9 Å². The van der Waals surface area contributed by atoms with E-state index in [0.29, 0.717) is 41.3 Å². The van der Waals surface area contributed by atoms with Crippen molar-refractivity contribution >= 4 is 28.1 Å². The maximum absolute atomic E-state index is 14.7. The third-order valence-corrected chi connectivity index (χ3v) is 9.34. The average molecular weight is 486 g/mol. The first kappa shape index (κ1) is 23.3. The van der Waals surface area contributed by atoms with E-state index in [1.165, 1.54) is 17.4 Å². The maximum atomic E-state index is 14.7. The normalized spacial score (nSPS) is 31.0. The number of rotatable bonds is 5. The zero-order chi connectivity index (χ0) is 24.0. The Kier molecular flexibility index (Phi) is 6.12. The highest BCUT2D eigenvalue weighted by Gasteiger charge is 2.57. The van der Waals surface area contributed by atoms with E-state index in [-0.39, 0.29) is 23.0 Å². The zero-order valence-electron chi connectivity index (χ0n) is 19.9. The van der Waals surface area contributed by atoms with Crippen LogP contribution in [0.25, 0.3) is 0 Å². The van der Waals surface area contributed by atoms with Crippen LogP contribution in [0.3, 0.4) is 0 Å². The van der Waals surface area contributed by atoms with Crippen molar-refractivity contribution in [1.29, 1.82) is 0 Å². The third kappa shape index (κ3) is 3.89. The molecule has 2 aromatic rings. The fourth-order valence-electron chi connectivity index (χ4n) is 7.12. The maximum Gasteiger partial charge on any atom is 0.226 e. The standard InChI is InChI=1S/C26H32FN3O3S/c1-14-13-28-25(34-14)29-22(32)9-4-15-12-21(30-33-3)26(2)11-10-17-16-7-8-20(31)24(27)19(16)6-5-18(17)23(15)26/h7-8,13,15,17-18,23,31H,4-6,9-12H2,1-3H3,(H,28,29,32). The number of oxime groups is 1. The minimum Gasteiger partial charge on any atom is -0.505 e. The van der Waals surface area contributed by atoms with Gasteiger partial charge in [-0.1, -0.05) is 18.1 Å². The molecule has 182 valence electrons. The van der Waals surface area contributed by atoms with Crippen molar-refractivity contribution in [3.05, 3.63) is 40.2 Å². The summed E-state index contributed by atoms with van der Waals surface area (Å²) in [6, 6.07) is 3.42. The van der Waals surface area contributed by atoms with E-state index in [0.717, 1.165) is 48.3 Å². The van der Waals surface area contributed by atoms with Crippen LogP contribution in [0.15, 0.2) is 23.5 Å². The SMILES string of the molecule is CON=C1CC(CCC(=O)Nc2ncc(C)s2)C2C3CCc4c(ccc(O)c4F)C3CCC12C. The summed E-state index contributed by atoms with van der Waals surface area (Å²) >= 11 is 1.48. The molecule has 2 N–H and O–H groups in total. The van der Waals surface area contributed by atoms with Crippen LogP contribution in [0.1, 0.15) is 67.4 Å². The number of thiazole rings is 1. The van der Waals surface area contributed by atoms with Crippen LogP contribution in [0.2, 0.25) is 0 Å². The second-order valence-electron chi connectivity index (χ2n) is 10.3. The lowest BCUT2D eigenvalue weighted by atomic mass is 9.54. The zero-order valence-corrected chi connectivity index (χ0v) is 20.8. The summed E-state index contributed by atoms with van der Waals surface area (Å²) in [5.41, 5.74) is 2.77. The largest absolute Gasteiger partial charge is 0.505 e. The molecule has 1 amide bonds. The number of nitrogens with zero attached hydrogens (tertiary/aromatic N) is 2. The van der Waals surface area contributed by atoms with Gasteiger partial charge >= 0.3 is 0 Å². The summed E-state index contributed by atoms with van der Waals surface area (Å²) in [6.07, 6.45) is 7.26. The van der Waals surface area contributed by atoms with Crippen molar-refractivity contribution in [3.8, 4) is 5.75 Å². The number of aryl methyl sites for hydroxylation is 1. The van der Waals surface area contributed by atoms with Gasteiger partial charge in [-0.05, 0) is 86.3 Å². The molecule has 1 aromatic heterocycles. The lowest BCUT2D eigenvalue weighted by Gasteiger charge is -2.50. The van der Waals surface area contributed by atoms with Gasteiger partial charge in [0.25, 0.3) is 0 Å². The minimum atomic E-state index is -0.456. The average Bonchev–Trinajstić information content (AvgIpc) is 3.34. The van der Waals surface area contributed by atoms with Gasteiger partial charge in [-0.15, -0.1) is 11.3 Å². The molecule has 6 nitrogen and oxygen atoms in total. The fourth-order valence-corrected chi connectivity index (χ4v) is 7.80. The van der Waals surface area contributed by atoms with E-state index in [4.69, 9.17) is 4.84 Å². The van der Waals surface area contributed by atoms with Crippen molar-refractivity contribution in [2.24, 2.45) is 28.3 Å². The highest BCUT2D eigenvalue weighted by atomic mass is 32.1.